The Hall–Kier alpha value is -6.84. The predicted octanol–water partition coefficient (Wildman–Crippen LogP) is 13.1. The topological polar surface area (TPSA) is 23.0 Å². The largest absolute Gasteiger partial charge is 0.456 e. The third-order valence-corrected chi connectivity index (χ3v) is 8.99. The highest BCUT2D eigenvalue weighted by Crippen LogP contribution is 2.43. The highest BCUT2D eigenvalue weighted by molar-refractivity contribution is 6.18. The van der Waals surface area contributed by atoms with Crippen molar-refractivity contribution in [2.45, 2.75) is 0 Å². The van der Waals surface area contributed by atoms with Gasteiger partial charge in [0.1, 0.15) is 11.2 Å². The van der Waals surface area contributed by atoms with Crippen LogP contribution >= 0.6 is 0 Å². The highest BCUT2D eigenvalue weighted by atomic mass is 16.3. The van der Waals surface area contributed by atoms with Crippen molar-refractivity contribution in [1.82, 2.24) is 9.13 Å². The summed E-state index contributed by atoms with van der Waals surface area (Å²) in [4.78, 5) is 0. The quantitative estimate of drug-likeness (QED) is 0.183. The second-order valence-electron chi connectivity index (χ2n) is 11.7. The molecule has 0 aliphatic carbocycles. The van der Waals surface area contributed by atoms with Crippen LogP contribution in [0, 0.1) is 0 Å². The zero-order chi connectivity index (χ0) is 50.9. The van der Waals surface area contributed by atoms with E-state index in [2.05, 4.69) is 0 Å². The summed E-state index contributed by atoms with van der Waals surface area (Å²) in [6.45, 7) is 0. The number of benzene rings is 8. The molecule has 0 saturated carbocycles. The van der Waals surface area contributed by atoms with Gasteiger partial charge in [-0.25, -0.2) is 0 Å². The molecule has 0 amide bonds. The molecule has 0 bridgehead atoms. The molecule has 0 aliphatic heterocycles. The first-order valence-electron chi connectivity index (χ1n) is 25.8. The van der Waals surface area contributed by atoms with Crippen LogP contribution in [0.2, 0.25) is 0 Å². The molecule has 11 rings (SSSR count). The van der Waals surface area contributed by atoms with Crippen LogP contribution in [-0.2, 0) is 0 Å². The Morgan fingerprint density at radius 3 is 2.04 bits per heavy atom. The third kappa shape index (κ3) is 4.12. The summed E-state index contributed by atoms with van der Waals surface area (Å²) in [7, 11) is 0. The maximum atomic E-state index is 9.95. The van der Waals surface area contributed by atoms with Crippen LogP contribution < -0.4 is 0 Å². The monoisotopic (exact) mass is 670 g/mol. The lowest BCUT2D eigenvalue weighted by atomic mass is 9.98. The fraction of sp³-hybridized carbons (Fsp3) is 0. The van der Waals surface area contributed by atoms with Crippen LogP contribution in [0.25, 0.3) is 99.2 Å². The van der Waals surface area contributed by atoms with Gasteiger partial charge in [0, 0.05) is 32.6 Å². The highest BCUT2D eigenvalue weighted by Gasteiger charge is 2.20. The normalized spacial score (nSPS) is 17.4. The Labute approximate surface area is 321 Å². The van der Waals surface area contributed by atoms with E-state index in [9.17, 15) is 9.60 Å². The number of rotatable bonds is 4. The molecule has 3 nitrogen and oxygen atoms in total. The van der Waals surface area contributed by atoms with E-state index in [0.717, 1.165) is 12.1 Å². The van der Waals surface area contributed by atoms with Gasteiger partial charge in [0.25, 0.3) is 0 Å². The Morgan fingerprint density at radius 2 is 1.14 bits per heavy atom. The molecule has 0 saturated heterocycles. The van der Waals surface area contributed by atoms with E-state index in [4.69, 9.17) is 22.2 Å². The van der Waals surface area contributed by atoms with Crippen molar-refractivity contribution in [2.75, 3.05) is 0 Å². The standard InChI is InChI=1S/C48H30N2O/c1-3-13-31(14-4-1)35-19-11-23-45-47(35)48-44(22-12-24-46(48)51-45)50-41-21-10-8-18-37(41)39-30-33(26-28-43(39)50)32-25-27-42-38(29-32)36-17-7-9-20-40(36)49(42)34-15-5-2-6-16-34/h1-30H/i3D,7D,8D,9D,10D,11D,12D,13D,17D,18D,19D,20D,22D,23D,24D,25D,27D,28D,29D,30D. The number of fused-ring (bicyclic) bond motifs is 9. The summed E-state index contributed by atoms with van der Waals surface area (Å²) in [5, 5.41) is -1.17. The maximum absolute atomic E-state index is 9.95. The van der Waals surface area contributed by atoms with Crippen molar-refractivity contribution in [1.29, 1.82) is 0 Å². The molecule has 3 heterocycles. The van der Waals surface area contributed by atoms with E-state index in [1.807, 2.05) is 0 Å². The molecule has 238 valence electrons. The van der Waals surface area contributed by atoms with Gasteiger partial charge in [-0.05, 0) is 88.8 Å². The van der Waals surface area contributed by atoms with Gasteiger partial charge in [-0.15, -0.1) is 0 Å². The van der Waals surface area contributed by atoms with Crippen molar-refractivity contribution >= 4 is 65.6 Å². The number of hydrogen-bond donors (Lipinski definition) is 0. The van der Waals surface area contributed by atoms with Crippen LogP contribution in [0.4, 0.5) is 0 Å². The van der Waals surface area contributed by atoms with Crippen molar-refractivity contribution in [3.63, 3.8) is 0 Å². The minimum Gasteiger partial charge on any atom is -0.456 e. The van der Waals surface area contributed by atoms with E-state index < -0.39 is 114 Å². The summed E-state index contributed by atoms with van der Waals surface area (Å²) < 4.78 is 191. The molecule has 3 aromatic heterocycles. The Balaban J connectivity index is 1.34. The lowest BCUT2D eigenvalue weighted by Crippen LogP contribution is -1.95. The van der Waals surface area contributed by atoms with E-state index in [1.54, 1.807) is 30.3 Å². The summed E-state index contributed by atoms with van der Waals surface area (Å²) in [5.74, 6) is 0. The summed E-state index contributed by atoms with van der Waals surface area (Å²) in [5.41, 5.74) is -2.30. The van der Waals surface area contributed by atoms with Crippen LogP contribution in [0.3, 0.4) is 0 Å². The van der Waals surface area contributed by atoms with Crippen LogP contribution in [0.1, 0.15) is 27.4 Å². The molecule has 0 spiro atoms. The molecule has 0 aliphatic rings. The molecule has 11 aromatic rings. The molecule has 0 fully saturated rings. The van der Waals surface area contributed by atoms with Gasteiger partial charge in [0.15, 0.2) is 0 Å². The number of hydrogen-bond acceptors (Lipinski definition) is 1. The van der Waals surface area contributed by atoms with Crippen LogP contribution in [-0.4, -0.2) is 9.13 Å². The number of aromatic nitrogens is 2. The van der Waals surface area contributed by atoms with Crippen molar-refractivity contribution in [3.05, 3.63) is 182 Å². The van der Waals surface area contributed by atoms with E-state index in [0.29, 0.717) is 5.69 Å². The second kappa shape index (κ2) is 10.8. The first kappa shape index (κ1) is 15.0. The summed E-state index contributed by atoms with van der Waals surface area (Å²) in [6, 6.07) is 3.56. The van der Waals surface area contributed by atoms with Crippen LogP contribution in [0.15, 0.2) is 186 Å². The van der Waals surface area contributed by atoms with Gasteiger partial charge in [0.05, 0.1) is 60.6 Å². The van der Waals surface area contributed by atoms with E-state index >= 15 is 0 Å². The van der Waals surface area contributed by atoms with Gasteiger partial charge >= 0.3 is 0 Å². The maximum Gasteiger partial charge on any atom is 0.137 e. The van der Waals surface area contributed by atoms with Gasteiger partial charge in [-0.2, -0.15) is 0 Å². The molecule has 8 aromatic carbocycles. The van der Waals surface area contributed by atoms with Gasteiger partial charge in [0.2, 0.25) is 0 Å². The van der Waals surface area contributed by atoms with E-state index in [-0.39, 0.29) is 100.0 Å². The fourth-order valence-electron chi connectivity index (χ4n) is 6.84. The first-order chi connectivity index (χ1) is 33.6. The van der Waals surface area contributed by atoms with Crippen molar-refractivity contribution < 1.29 is 31.8 Å². The van der Waals surface area contributed by atoms with Gasteiger partial charge in [-0.3, -0.25) is 0 Å². The Bertz CT molecular complexity index is 4290. The average molecular weight is 671 g/mol. The summed E-state index contributed by atoms with van der Waals surface area (Å²) >= 11 is 0. The summed E-state index contributed by atoms with van der Waals surface area (Å²) in [6.07, 6.45) is 0. The van der Waals surface area contributed by atoms with Crippen molar-refractivity contribution in [2.24, 2.45) is 0 Å². The number of para-hydroxylation sites is 3. The molecule has 3 heteroatoms. The van der Waals surface area contributed by atoms with Gasteiger partial charge < -0.3 is 13.6 Å². The number of nitrogens with zero attached hydrogens (tertiary/aromatic N) is 2. The second-order valence-corrected chi connectivity index (χ2v) is 11.7. The minimum absolute atomic E-state index is 0.0459. The Morgan fingerprint density at radius 1 is 0.412 bits per heavy atom. The molecule has 0 radical (unpaired) electrons. The molecule has 51 heavy (non-hydrogen) atoms. The first-order valence-corrected chi connectivity index (χ1v) is 15.8. The lowest BCUT2D eigenvalue weighted by molar-refractivity contribution is 0.669. The smallest absolute Gasteiger partial charge is 0.137 e. The lowest BCUT2D eigenvalue weighted by Gasteiger charge is -2.11. The van der Waals surface area contributed by atoms with Crippen molar-refractivity contribution in [3.8, 4) is 33.6 Å². The number of furan rings is 1. The zero-order valence-corrected chi connectivity index (χ0v) is 26.1. The zero-order valence-electron chi connectivity index (χ0n) is 46.1. The predicted molar refractivity (Wildman–Crippen MR) is 213 cm³/mol. The van der Waals surface area contributed by atoms with E-state index in [1.165, 1.54) is 27.3 Å². The van der Waals surface area contributed by atoms with Crippen LogP contribution in [0.5, 0.6) is 0 Å². The Kier molecular flexibility index (Phi) is 3.18. The fourth-order valence-corrected chi connectivity index (χ4v) is 6.84. The SMILES string of the molecule is [2H]c1cccc(-c2c([2H])c([2H])c([2H])c3oc4c([2H])c([2H])c([2H])c(-n5c6cc([2H])c([2H])c([2H])c6c6c([2H])c(-c7c([2H])c([2H])c8c(c7[2H])c7c([2H])c([2H])c([2H])c([2H])c7n8-c7ccccc7)cc([2H])c65)c4c23)c1[2H]. The minimum atomic E-state index is -0.730. The molecule has 0 atom stereocenters. The third-order valence-electron chi connectivity index (χ3n) is 8.99. The molecular formula is C48H30N2O. The average Bonchev–Trinajstić information content (AvgIpc) is 4.03. The molecule has 0 N–H and O–H groups in total. The molecule has 0 unspecified atom stereocenters. The molecular weight excluding hydrogens is 621 g/mol. The van der Waals surface area contributed by atoms with Gasteiger partial charge in [-0.1, -0.05) is 115 Å².